The van der Waals surface area contributed by atoms with Gasteiger partial charge in [-0.15, -0.1) is 0 Å². The van der Waals surface area contributed by atoms with Crippen LogP contribution < -0.4 is 0 Å². The van der Waals surface area contributed by atoms with Crippen LogP contribution in [-0.4, -0.2) is 60.6 Å². The summed E-state index contributed by atoms with van der Waals surface area (Å²) in [4.78, 5) is 28.6. The predicted molar refractivity (Wildman–Crippen MR) is 29.7 cm³/mol. The molecule has 0 heterocycles. The molecule has 0 radical (unpaired) electrons. The Balaban J connectivity index is -0.0000000171. The first-order valence-electron chi connectivity index (χ1n) is 1.30. The minimum atomic E-state index is -3.13. The quantitative estimate of drug-likeness (QED) is 0.291. The molecule has 0 aliphatic rings. The molecule has 0 spiro atoms. The second-order valence-electron chi connectivity index (χ2n) is 0.565. The van der Waals surface area contributed by atoms with Gasteiger partial charge in [0.15, 0.2) is 0 Å². The maximum atomic E-state index is 8.74. The first kappa shape index (κ1) is 16.0. The van der Waals surface area contributed by atoms with Crippen LogP contribution >= 0.6 is 0 Å². The molecule has 9 heteroatoms. The Labute approximate surface area is 72.7 Å². The fourth-order valence-electron chi connectivity index (χ4n) is 0. The average Bonchev–Trinajstić information content (AvgIpc) is 1.25. The molecule has 6 nitrogen and oxygen atoms in total. The summed E-state index contributed by atoms with van der Waals surface area (Å²) in [5.41, 5.74) is 0. The van der Waals surface area contributed by atoms with Gasteiger partial charge in [-0.1, -0.05) is 0 Å². The van der Waals surface area contributed by atoms with Gasteiger partial charge in [-0.05, 0) is 0 Å². The Morgan fingerprint density at radius 3 is 0.889 bits per heavy atom. The first-order chi connectivity index (χ1) is 3.46. The zero-order valence-electron chi connectivity index (χ0n) is 6.31. The summed E-state index contributed by atoms with van der Waals surface area (Å²) in [5, 5.41) is 0. The minimum absolute atomic E-state index is 0. The fourth-order valence-corrected chi connectivity index (χ4v) is 0. The topological polar surface area (TPSA) is 115 Å². The Bertz CT molecular complexity index is 76.6. The van der Waals surface area contributed by atoms with E-state index in [-0.39, 0.29) is 25.9 Å². The molecule has 0 aromatic heterocycles. The zero-order chi connectivity index (χ0) is 7.15. The molecule has 0 aliphatic heterocycles. The van der Waals surface area contributed by atoms with Gasteiger partial charge in [-0.3, -0.25) is 8.92 Å². The van der Waals surface area contributed by atoms with E-state index in [9.17, 15) is 0 Å². The Kier molecular flexibility index (Phi) is 19.4. The van der Waals surface area contributed by atoms with Gasteiger partial charge < -0.3 is 22.0 Å². The van der Waals surface area contributed by atoms with Crippen LogP contribution in [0.5, 0.6) is 0 Å². The van der Waals surface area contributed by atoms with Crippen molar-refractivity contribution in [2.75, 3.05) is 0 Å². The summed E-state index contributed by atoms with van der Waals surface area (Å²) in [7, 11) is -6.26. The maximum Gasteiger partial charge on any atom is 2.00 e. The van der Waals surface area contributed by atoms with Crippen LogP contribution in [0.2, 0.25) is 0 Å². The number of rotatable bonds is 0. The molecule has 0 unspecified atom stereocenters. The summed E-state index contributed by atoms with van der Waals surface area (Å²) in [6.07, 6.45) is 0. The van der Waals surface area contributed by atoms with Crippen molar-refractivity contribution in [1.82, 2.24) is 0 Å². The Hall–Kier alpha value is 0.000000000000000222. The van der Waals surface area contributed by atoms with Crippen molar-refractivity contribution in [3.63, 3.8) is 0 Å². The SMILES string of the molecule is O=[Si](O)O.O=[Si](O)O.[H-].[H-].[Mg+2]. The van der Waals surface area contributed by atoms with Gasteiger partial charge in [-0.2, -0.15) is 0 Å². The second kappa shape index (κ2) is 10.9. The van der Waals surface area contributed by atoms with Crippen LogP contribution in [0.4, 0.5) is 0 Å². The van der Waals surface area contributed by atoms with E-state index >= 15 is 0 Å². The monoisotopic (exact) mass is 182 g/mol. The van der Waals surface area contributed by atoms with E-state index in [4.69, 9.17) is 28.1 Å². The first-order valence-corrected chi connectivity index (χ1v) is 3.91. The van der Waals surface area contributed by atoms with Gasteiger partial charge in [0.05, 0.1) is 0 Å². The van der Waals surface area contributed by atoms with Crippen LogP contribution in [0.25, 0.3) is 0 Å². The number of hydrogen-bond acceptors (Lipinski definition) is 2. The van der Waals surface area contributed by atoms with Crippen molar-refractivity contribution in [3.8, 4) is 0 Å². The van der Waals surface area contributed by atoms with Crippen molar-refractivity contribution in [2.45, 2.75) is 0 Å². The van der Waals surface area contributed by atoms with Gasteiger partial charge in [0, 0.05) is 0 Å². The van der Waals surface area contributed by atoms with Crippen LogP contribution in [-0.2, 0) is 8.92 Å². The van der Waals surface area contributed by atoms with E-state index in [1.54, 1.807) is 0 Å². The molecule has 0 rings (SSSR count). The molecule has 0 bridgehead atoms. The third-order valence-electron chi connectivity index (χ3n) is 0. The van der Waals surface area contributed by atoms with Crippen molar-refractivity contribution < 1.29 is 31.0 Å². The van der Waals surface area contributed by atoms with Crippen molar-refractivity contribution >= 4 is 41.4 Å². The number of hydrogen-bond donors (Lipinski definition) is 4. The Morgan fingerprint density at radius 1 is 0.889 bits per heavy atom. The van der Waals surface area contributed by atoms with Gasteiger partial charge in [0.2, 0.25) is 0 Å². The van der Waals surface area contributed by atoms with Crippen molar-refractivity contribution in [3.05, 3.63) is 0 Å². The smallest absolute Gasteiger partial charge is 1.00 e. The van der Waals surface area contributed by atoms with Gasteiger partial charge in [-0.25, -0.2) is 0 Å². The van der Waals surface area contributed by atoms with Gasteiger partial charge in [0.25, 0.3) is 0 Å². The van der Waals surface area contributed by atoms with E-state index in [0.717, 1.165) is 0 Å². The van der Waals surface area contributed by atoms with Crippen LogP contribution in [0, 0.1) is 0 Å². The molecule has 0 saturated carbocycles. The van der Waals surface area contributed by atoms with Gasteiger partial charge >= 0.3 is 41.4 Å². The predicted octanol–water partition coefficient (Wildman–Crippen LogP) is -3.38. The molecule has 0 aromatic carbocycles. The van der Waals surface area contributed by atoms with E-state index in [2.05, 4.69) is 0 Å². The van der Waals surface area contributed by atoms with Crippen molar-refractivity contribution in [2.24, 2.45) is 0 Å². The van der Waals surface area contributed by atoms with Gasteiger partial charge in [0.1, 0.15) is 0 Å². The van der Waals surface area contributed by atoms with E-state index in [0.29, 0.717) is 0 Å². The summed E-state index contributed by atoms with van der Waals surface area (Å²) >= 11 is 0. The third-order valence-corrected chi connectivity index (χ3v) is 0. The molecular weight excluding hydrogens is 176 g/mol. The molecule has 0 aromatic rings. The zero-order valence-corrected chi connectivity index (χ0v) is 7.73. The molecule has 0 saturated heterocycles. The second-order valence-corrected chi connectivity index (χ2v) is 1.70. The molecule has 9 heavy (non-hydrogen) atoms. The third kappa shape index (κ3) is 5840000000000000327795391544164352. The summed E-state index contributed by atoms with van der Waals surface area (Å²) < 4.78 is 17.5. The van der Waals surface area contributed by atoms with E-state index in [1.165, 1.54) is 0 Å². The molecule has 0 atom stereocenters. The van der Waals surface area contributed by atoms with E-state index in [1.807, 2.05) is 0 Å². The normalized spacial score (nSPS) is 5.33. The van der Waals surface area contributed by atoms with Crippen LogP contribution in [0.3, 0.4) is 0 Å². The summed E-state index contributed by atoms with van der Waals surface area (Å²) in [6, 6.07) is 0. The van der Waals surface area contributed by atoms with E-state index < -0.39 is 18.3 Å². The average molecular weight is 183 g/mol. The molecule has 0 aliphatic carbocycles. The largest absolute Gasteiger partial charge is 2.00 e. The van der Waals surface area contributed by atoms with Crippen LogP contribution in [0.1, 0.15) is 2.85 Å². The molecule has 4 N–H and O–H groups in total. The molecule has 52 valence electrons. The summed E-state index contributed by atoms with van der Waals surface area (Å²) in [5.74, 6) is 0. The standard InChI is InChI=1S/Mg.2H2O3Si.2H/c;2*1-4(2)3;;/h;2*1-2H;;/q+2;;;2*-1. The Morgan fingerprint density at radius 2 is 0.889 bits per heavy atom. The minimum Gasteiger partial charge on any atom is -1.00 e. The molecular formula is H6MgO6Si2. The maximum absolute atomic E-state index is 8.74. The van der Waals surface area contributed by atoms with Crippen LogP contribution in [0.15, 0.2) is 0 Å². The molecule has 0 amide bonds. The van der Waals surface area contributed by atoms with Crippen molar-refractivity contribution in [1.29, 1.82) is 0 Å². The fraction of sp³-hybridized carbons (Fsp3) is 0. The summed E-state index contributed by atoms with van der Waals surface area (Å²) in [6.45, 7) is 0. The molecule has 0 fully saturated rings.